The number of hydrogen-bond donors (Lipinski definition) is 0. The second-order valence-electron chi connectivity index (χ2n) is 4.12. The summed E-state index contributed by atoms with van der Waals surface area (Å²) in [5.74, 6) is -0.618. The van der Waals surface area contributed by atoms with Gasteiger partial charge in [-0.25, -0.2) is 4.39 Å². The fourth-order valence-electron chi connectivity index (χ4n) is 0.787. The molecule has 1 aromatic rings. The molecule has 16 heavy (non-hydrogen) atoms. The first-order valence-electron chi connectivity index (χ1n) is 4.57. The summed E-state index contributed by atoms with van der Waals surface area (Å²) in [6.45, 7) is 5.39. The first-order chi connectivity index (χ1) is 7.32. The highest BCUT2D eigenvalue weighted by Gasteiger charge is 2.25. The van der Waals surface area contributed by atoms with Crippen molar-refractivity contribution in [3.8, 4) is 0 Å². The van der Waals surface area contributed by atoms with E-state index in [9.17, 15) is 8.94 Å². The molecular weight excluding hydrogens is 251 g/mol. The van der Waals surface area contributed by atoms with Crippen molar-refractivity contribution in [1.82, 2.24) is 4.98 Å². The van der Waals surface area contributed by atoms with Crippen molar-refractivity contribution in [3.05, 3.63) is 28.8 Å². The minimum absolute atomic E-state index is 0.0651. The van der Waals surface area contributed by atoms with Gasteiger partial charge in [0.2, 0.25) is 0 Å². The maximum Gasteiger partial charge on any atom is 0.160 e. The normalized spacial score (nSPS) is 14.4. The van der Waals surface area contributed by atoms with Crippen molar-refractivity contribution in [3.63, 3.8) is 0 Å². The van der Waals surface area contributed by atoms with Crippen molar-refractivity contribution < 1.29 is 8.94 Å². The average Bonchev–Trinajstić information content (AvgIpc) is 2.18. The summed E-state index contributed by atoms with van der Waals surface area (Å²) in [6, 6.07) is 0. The topological polar surface area (TPSA) is 48.3 Å². The third-order valence-electron chi connectivity index (χ3n) is 1.68. The highest BCUT2D eigenvalue weighted by atomic mass is 35.5. The SMILES string of the molecule is CC(C)(C)[S+]([O-])N=Cc1cncc(F)c1Cl. The Morgan fingerprint density at radius 3 is 2.69 bits per heavy atom. The zero-order chi connectivity index (χ0) is 12.3. The lowest BCUT2D eigenvalue weighted by molar-refractivity contribution is 0.562. The van der Waals surface area contributed by atoms with Crippen molar-refractivity contribution >= 4 is 29.2 Å². The molecule has 0 aliphatic carbocycles. The Morgan fingerprint density at radius 1 is 1.50 bits per heavy atom. The molecule has 0 fully saturated rings. The van der Waals surface area contributed by atoms with Gasteiger partial charge < -0.3 is 4.55 Å². The van der Waals surface area contributed by atoms with Crippen LogP contribution in [0, 0.1) is 5.82 Å². The number of nitrogens with zero attached hydrogens (tertiary/aromatic N) is 2. The molecule has 0 spiro atoms. The first-order valence-corrected chi connectivity index (χ1v) is 6.06. The van der Waals surface area contributed by atoms with Crippen molar-refractivity contribution in [1.29, 1.82) is 0 Å². The Balaban J connectivity index is 2.89. The molecule has 0 amide bonds. The zero-order valence-corrected chi connectivity index (χ0v) is 10.8. The molecule has 0 N–H and O–H groups in total. The van der Waals surface area contributed by atoms with Gasteiger partial charge in [-0.1, -0.05) is 16.0 Å². The number of halogens is 2. The molecule has 1 heterocycles. The second kappa shape index (κ2) is 5.12. The number of rotatable bonds is 2. The number of hydrogen-bond acceptors (Lipinski definition) is 3. The summed E-state index contributed by atoms with van der Waals surface area (Å²) in [5.41, 5.74) is 0.319. The highest BCUT2D eigenvalue weighted by Crippen LogP contribution is 2.19. The Hall–Kier alpha value is -0.650. The van der Waals surface area contributed by atoms with Crippen LogP contribution in [0.5, 0.6) is 0 Å². The molecule has 1 rings (SSSR count). The Kier molecular flexibility index (Phi) is 4.29. The predicted octanol–water partition coefficient (Wildman–Crippen LogP) is 2.76. The van der Waals surface area contributed by atoms with Gasteiger partial charge in [0.25, 0.3) is 0 Å². The van der Waals surface area contributed by atoms with Gasteiger partial charge in [0.05, 0.1) is 17.4 Å². The van der Waals surface area contributed by atoms with Crippen LogP contribution in [0.2, 0.25) is 5.02 Å². The van der Waals surface area contributed by atoms with E-state index in [1.165, 1.54) is 12.4 Å². The monoisotopic (exact) mass is 262 g/mol. The Bertz CT molecular complexity index is 406. The van der Waals surface area contributed by atoms with Gasteiger partial charge in [0, 0.05) is 11.8 Å². The minimum atomic E-state index is -1.39. The molecule has 0 radical (unpaired) electrons. The lowest BCUT2D eigenvalue weighted by atomic mass is 10.3. The van der Waals surface area contributed by atoms with Gasteiger partial charge in [0.15, 0.2) is 5.82 Å². The van der Waals surface area contributed by atoms with E-state index in [-0.39, 0.29) is 5.02 Å². The van der Waals surface area contributed by atoms with Crippen LogP contribution in [-0.2, 0) is 11.4 Å². The van der Waals surface area contributed by atoms with Crippen LogP contribution in [0.3, 0.4) is 0 Å². The fraction of sp³-hybridized carbons (Fsp3) is 0.400. The third kappa shape index (κ3) is 3.43. The first kappa shape index (κ1) is 13.4. The van der Waals surface area contributed by atoms with Crippen LogP contribution in [0.1, 0.15) is 26.3 Å². The molecule has 0 aliphatic heterocycles. The fourth-order valence-corrected chi connectivity index (χ4v) is 1.46. The van der Waals surface area contributed by atoms with E-state index in [0.29, 0.717) is 5.56 Å². The maximum atomic E-state index is 13.0. The van der Waals surface area contributed by atoms with Gasteiger partial charge in [-0.3, -0.25) is 4.98 Å². The maximum absolute atomic E-state index is 13.0. The molecule has 6 heteroatoms. The minimum Gasteiger partial charge on any atom is -0.591 e. The van der Waals surface area contributed by atoms with Crippen LogP contribution in [0.4, 0.5) is 4.39 Å². The smallest absolute Gasteiger partial charge is 0.160 e. The van der Waals surface area contributed by atoms with Crippen molar-refractivity contribution in [2.75, 3.05) is 0 Å². The Morgan fingerprint density at radius 2 is 2.12 bits per heavy atom. The zero-order valence-electron chi connectivity index (χ0n) is 9.20. The standard InChI is InChI=1S/C10H12ClFN2OS/c1-10(2,3)16(15)14-5-7-4-13-6-8(12)9(7)11/h4-6H,1-3H3. The van der Waals surface area contributed by atoms with Crippen LogP contribution in [0.15, 0.2) is 16.8 Å². The van der Waals surface area contributed by atoms with Gasteiger partial charge in [-0.2, -0.15) is 0 Å². The van der Waals surface area contributed by atoms with Crippen LogP contribution < -0.4 is 0 Å². The van der Waals surface area contributed by atoms with Crippen LogP contribution >= 0.6 is 11.6 Å². The van der Waals surface area contributed by atoms with E-state index < -0.39 is 21.9 Å². The van der Waals surface area contributed by atoms with E-state index in [4.69, 9.17) is 11.6 Å². The number of aromatic nitrogens is 1. The summed E-state index contributed by atoms with van der Waals surface area (Å²) in [7, 11) is 0. The molecular formula is C10H12ClFN2OS. The van der Waals surface area contributed by atoms with Crippen molar-refractivity contribution in [2.45, 2.75) is 25.5 Å². The lowest BCUT2D eigenvalue weighted by Gasteiger charge is -2.17. The van der Waals surface area contributed by atoms with E-state index in [1.807, 2.05) is 0 Å². The molecule has 0 aromatic carbocycles. The predicted molar refractivity (Wildman–Crippen MR) is 64.7 cm³/mol. The molecule has 0 saturated carbocycles. The van der Waals surface area contributed by atoms with Crippen molar-refractivity contribution in [2.24, 2.45) is 4.40 Å². The second-order valence-corrected chi connectivity index (χ2v) is 6.43. The van der Waals surface area contributed by atoms with Gasteiger partial charge >= 0.3 is 0 Å². The Labute approximate surface area is 102 Å². The summed E-state index contributed by atoms with van der Waals surface area (Å²) in [4.78, 5) is 3.64. The third-order valence-corrected chi connectivity index (χ3v) is 3.42. The van der Waals surface area contributed by atoms with E-state index >= 15 is 0 Å². The van der Waals surface area contributed by atoms with Crippen LogP contribution in [-0.4, -0.2) is 20.5 Å². The quantitative estimate of drug-likeness (QED) is 0.608. The summed E-state index contributed by atoms with van der Waals surface area (Å²) in [5, 5.41) is -0.0651. The summed E-state index contributed by atoms with van der Waals surface area (Å²) >= 11 is 4.29. The summed E-state index contributed by atoms with van der Waals surface area (Å²) < 4.78 is 28.0. The molecule has 1 atom stereocenters. The molecule has 1 aromatic heterocycles. The lowest BCUT2D eigenvalue weighted by Crippen LogP contribution is -2.25. The molecule has 0 bridgehead atoms. The van der Waals surface area contributed by atoms with E-state index in [0.717, 1.165) is 6.20 Å². The largest absolute Gasteiger partial charge is 0.591 e. The molecule has 3 nitrogen and oxygen atoms in total. The van der Waals surface area contributed by atoms with Gasteiger partial charge in [-0.05, 0) is 20.8 Å². The number of pyridine rings is 1. The van der Waals surface area contributed by atoms with Crippen LogP contribution in [0.25, 0.3) is 0 Å². The molecule has 88 valence electrons. The van der Waals surface area contributed by atoms with Gasteiger partial charge in [-0.15, -0.1) is 0 Å². The molecule has 1 unspecified atom stereocenters. The molecule has 0 saturated heterocycles. The summed E-state index contributed by atoms with van der Waals surface area (Å²) in [6.07, 6.45) is 3.66. The highest BCUT2D eigenvalue weighted by molar-refractivity contribution is 7.91. The van der Waals surface area contributed by atoms with Gasteiger partial charge in [0.1, 0.15) is 16.1 Å². The van der Waals surface area contributed by atoms with E-state index in [2.05, 4.69) is 9.38 Å². The van der Waals surface area contributed by atoms with E-state index in [1.54, 1.807) is 20.8 Å². The molecule has 0 aliphatic rings. The average molecular weight is 263 g/mol.